The van der Waals surface area contributed by atoms with Gasteiger partial charge in [0.15, 0.2) is 5.12 Å². The minimum absolute atomic E-state index is 0.0179. The first-order chi connectivity index (χ1) is 11.4. The highest BCUT2D eigenvalue weighted by Gasteiger charge is 2.36. The van der Waals surface area contributed by atoms with E-state index in [1.807, 2.05) is 0 Å². The highest BCUT2D eigenvalue weighted by molar-refractivity contribution is 8.14. The van der Waals surface area contributed by atoms with E-state index in [0.717, 1.165) is 11.8 Å². The number of aliphatic hydroxyl groups excluding tert-OH is 1. The van der Waals surface area contributed by atoms with Crippen molar-refractivity contribution in [2.45, 2.75) is 31.2 Å². The Morgan fingerprint density at radius 1 is 1.42 bits per heavy atom. The van der Waals surface area contributed by atoms with Crippen LogP contribution in [0.3, 0.4) is 0 Å². The van der Waals surface area contributed by atoms with Gasteiger partial charge >= 0.3 is 6.09 Å². The first-order valence-corrected chi connectivity index (χ1v) is 8.23. The average molecular weight is 354 g/mol. The Morgan fingerprint density at radius 2 is 2.08 bits per heavy atom. The minimum atomic E-state index is -0.570. The van der Waals surface area contributed by atoms with Gasteiger partial charge < -0.3 is 14.7 Å². The number of likely N-dealkylation sites (tertiary alicyclic amines) is 1. The van der Waals surface area contributed by atoms with Gasteiger partial charge in [-0.25, -0.2) is 4.79 Å². The molecule has 0 spiro atoms. The number of carbonyl (C=O) groups is 2. The Bertz CT molecular complexity index is 621. The number of ether oxygens (including phenoxy) is 1. The number of hydrogen-bond acceptors (Lipinski definition) is 7. The van der Waals surface area contributed by atoms with Crippen molar-refractivity contribution in [1.29, 1.82) is 0 Å². The summed E-state index contributed by atoms with van der Waals surface area (Å²) in [6.45, 7) is 1.60. The van der Waals surface area contributed by atoms with E-state index in [0.29, 0.717) is 18.5 Å². The lowest BCUT2D eigenvalue weighted by atomic mass is 10.2. The quantitative estimate of drug-likeness (QED) is 0.635. The Balaban J connectivity index is 1.91. The van der Waals surface area contributed by atoms with Crippen molar-refractivity contribution in [2.24, 2.45) is 0 Å². The molecule has 1 aliphatic rings. The minimum Gasteiger partial charge on any atom is -0.445 e. The molecule has 8 nitrogen and oxygen atoms in total. The van der Waals surface area contributed by atoms with Gasteiger partial charge in [0.2, 0.25) is 0 Å². The summed E-state index contributed by atoms with van der Waals surface area (Å²) in [6, 6.07) is 5.36. The van der Waals surface area contributed by atoms with Gasteiger partial charge in [-0.2, -0.15) is 0 Å². The van der Waals surface area contributed by atoms with Crippen LogP contribution in [-0.2, 0) is 16.1 Å². The standard InChI is InChI=1S/C15H18N2O6S/c1-10(19)24-14-6-13(8-18)16(7-14)15(20)23-9-11-2-4-12(5-3-11)17(21)22/h2-5,13-14,18H,6-9H2,1H3/t13-,14-/m0/s1. The lowest BCUT2D eigenvalue weighted by molar-refractivity contribution is -0.384. The maximum absolute atomic E-state index is 12.2. The summed E-state index contributed by atoms with van der Waals surface area (Å²) in [5, 5.41) is 19.9. The first kappa shape index (κ1) is 18.2. The highest BCUT2D eigenvalue weighted by atomic mass is 32.2. The fraction of sp³-hybridized carbons (Fsp3) is 0.467. The van der Waals surface area contributed by atoms with Crippen LogP contribution in [0.25, 0.3) is 0 Å². The van der Waals surface area contributed by atoms with Crippen LogP contribution in [-0.4, -0.2) is 50.6 Å². The maximum Gasteiger partial charge on any atom is 0.410 e. The molecule has 0 unspecified atom stereocenters. The Morgan fingerprint density at radius 3 is 2.62 bits per heavy atom. The van der Waals surface area contributed by atoms with E-state index >= 15 is 0 Å². The smallest absolute Gasteiger partial charge is 0.410 e. The highest BCUT2D eigenvalue weighted by Crippen LogP contribution is 2.28. The molecule has 2 rings (SSSR count). The van der Waals surface area contributed by atoms with E-state index in [1.54, 1.807) is 0 Å². The summed E-state index contributed by atoms with van der Waals surface area (Å²) in [5.74, 6) is 0. The molecule has 1 saturated heterocycles. The summed E-state index contributed by atoms with van der Waals surface area (Å²) < 4.78 is 5.21. The van der Waals surface area contributed by atoms with Crippen LogP contribution >= 0.6 is 11.8 Å². The molecule has 0 bridgehead atoms. The van der Waals surface area contributed by atoms with Crippen molar-refractivity contribution < 1.29 is 24.4 Å². The van der Waals surface area contributed by atoms with E-state index in [2.05, 4.69) is 0 Å². The largest absolute Gasteiger partial charge is 0.445 e. The molecule has 1 fully saturated rings. The second-order valence-electron chi connectivity index (χ2n) is 5.43. The van der Waals surface area contributed by atoms with Crippen LogP contribution in [0.1, 0.15) is 18.9 Å². The number of nitro benzene ring substituents is 1. The molecular weight excluding hydrogens is 336 g/mol. The van der Waals surface area contributed by atoms with Crippen LogP contribution in [0, 0.1) is 10.1 Å². The maximum atomic E-state index is 12.2. The molecule has 1 aromatic carbocycles. The lowest BCUT2D eigenvalue weighted by Gasteiger charge is -2.22. The van der Waals surface area contributed by atoms with Gasteiger partial charge in [0.1, 0.15) is 6.61 Å². The number of thioether (sulfide) groups is 1. The molecule has 0 aliphatic carbocycles. The van der Waals surface area contributed by atoms with Crippen LogP contribution in [0.2, 0.25) is 0 Å². The first-order valence-electron chi connectivity index (χ1n) is 7.35. The Labute approximate surface area is 142 Å². The number of amides is 1. The third kappa shape index (κ3) is 4.68. The van der Waals surface area contributed by atoms with Gasteiger partial charge in [0.25, 0.3) is 5.69 Å². The van der Waals surface area contributed by atoms with E-state index in [9.17, 15) is 24.8 Å². The second kappa shape index (κ2) is 8.11. The summed E-state index contributed by atoms with van der Waals surface area (Å²) in [4.78, 5) is 34.9. The number of benzene rings is 1. The van der Waals surface area contributed by atoms with E-state index in [-0.39, 0.29) is 35.3 Å². The number of hydrogen-bond donors (Lipinski definition) is 1. The number of carbonyl (C=O) groups excluding carboxylic acids is 2. The molecule has 1 heterocycles. The lowest BCUT2D eigenvalue weighted by Crippen LogP contribution is -2.38. The van der Waals surface area contributed by atoms with Gasteiger partial charge in [0.05, 0.1) is 17.6 Å². The zero-order chi connectivity index (χ0) is 17.7. The van der Waals surface area contributed by atoms with Crippen LogP contribution in [0.15, 0.2) is 24.3 Å². The summed E-state index contributed by atoms with van der Waals surface area (Å²) in [5.41, 5.74) is 0.595. The fourth-order valence-electron chi connectivity index (χ4n) is 2.53. The molecule has 24 heavy (non-hydrogen) atoms. The van der Waals surface area contributed by atoms with Gasteiger partial charge in [0, 0.05) is 30.9 Å². The summed E-state index contributed by atoms with van der Waals surface area (Å²) >= 11 is 1.16. The second-order valence-corrected chi connectivity index (χ2v) is 6.91. The van der Waals surface area contributed by atoms with Crippen molar-refractivity contribution in [3.8, 4) is 0 Å². The van der Waals surface area contributed by atoms with Crippen molar-refractivity contribution in [2.75, 3.05) is 13.2 Å². The fourth-order valence-corrected chi connectivity index (χ4v) is 3.56. The number of nitro groups is 1. The van der Waals surface area contributed by atoms with E-state index in [4.69, 9.17) is 4.74 Å². The van der Waals surface area contributed by atoms with E-state index < -0.39 is 11.0 Å². The van der Waals surface area contributed by atoms with Gasteiger partial charge in [-0.3, -0.25) is 14.9 Å². The van der Waals surface area contributed by atoms with E-state index in [1.165, 1.54) is 36.1 Å². The SMILES string of the molecule is CC(=O)S[C@H]1C[C@@H](CO)N(C(=O)OCc2ccc([N+](=O)[O-])cc2)C1. The Kier molecular flexibility index (Phi) is 6.16. The molecule has 2 atom stereocenters. The average Bonchev–Trinajstić information content (AvgIpc) is 2.95. The van der Waals surface area contributed by atoms with Gasteiger partial charge in [-0.15, -0.1) is 0 Å². The number of non-ortho nitro benzene ring substituents is 1. The zero-order valence-electron chi connectivity index (χ0n) is 13.1. The third-order valence-electron chi connectivity index (χ3n) is 3.66. The molecular formula is C15H18N2O6S. The molecule has 9 heteroatoms. The molecule has 0 radical (unpaired) electrons. The van der Waals surface area contributed by atoms with Crippen molar-refractivity contribution in [3.63, 3.8) is 0 Å². The molecule has 0 saturated carbocycles. The molecule has 130 valence electrons. The molecule has 1 aliphatic heterocycles. The molecule has 1 aromatic rings. The third-order valence-corrected chi connectivity index (χ3v) is 4.67. The van der Waals surface area contributed by atoms with Crippen LogP contribution in [0.5, 0.6) is 0 Å². The molecule has 1 N–H and O–H groups in total. The normalized spacial score (nSPS) is 20.0. The molecule has 1 amide bonds. The number of aliphatic hydroxyl groups is 1. The number of rotatable bonds is 5. The van der Waals surface area contributed by atoms with Gasteiger partial charge in [-0.05, 0) is 24.1 Å². The predicted molar refractivity (Wildman–Crippen MR) is 87.5 cm³/mol. The summed E-state index contributed by atoms with van der Waals surface area (Å²) in [7, 11) is 0. The zero-order valence-corrected chi connectivity index (χ0v) is 13.9. The summed E-state index contributed by atoms with van der Waals surface area (Å²) in [6.07, 6.45) is -0.0352. The molecule has 0 aromatic heterocycles. The van der Waals surface area contributed by atoms with Crippen LogP contribution in [0.4, 0.5) is 10.5 Å². The van der Waals surface area contributed by atoms with Crippen molar-refractivity contribution in [1.82, 2.24) is 4.90 Å². The monoisotopic (exact) mass is 354 g/mol. The van der Waals surface area contributed by atoms with Crippen molar-refractivity contribution in [3.05, 3.63) is 39.9 Å². The van der Waals surface area contributed by atoms with Crippen molar-refractivity contribution >= 4 is 28.7 Å². The topological polar surface area (TPSA) is 110 Å². The Hall–Kier alpha value is -2.13. The predicted octanol–water partition coefficient (Wildman–Crippen LogP) is 1.95. The van der Waals surface area contributed by atoms with Crippen LogP contribution < -0.4 is 0 Å². The number of nitrogens with zero attached hydrogens (tertiary/aromatic N) is 2. The van der Waals surface area contributed by atoms with Gasteiger partial charge in [-0.1, -0.05) is 11.8 Å².